The fourth-order valence-corrected chi connectivity index (χ4v) is 0.344. The molecule has 0 spiro atoms. The topological polar surface area (TPSA) is 54.3 Å². The summed E-state index contributed by atoms with van der Waals surface area (Å²) in [7, 11) is 0. The second-order valence-corrected chi connectivity index (χ2v) is 1.74. The van der Waals surface area contributed by atoms with Crippen LogP contribution in [0.15, 0.2) is 18.3 Å². The van der Waals surface area contributed by atoms with Gasteiger partial charge in [0.25, 0.3) is 0 Å². The summed E-state index contributed by atoms with van der Waals surface area (Å²) in [5, 5.41) is 0. The molecule has 0 amide bonds. The molecule has 1 aromatic heterocycles. The molecule has 0 aliphatic carbocycles. The highest BCUT2D eigenvalue weighted by Gasteiger charge is 1.94. The number of aromatic amines is 1. The Balaban J connectivity index is 0.000000112. The van der Waals surface area contributed by atoms with Crippen LogP contribution in [-0.4, -0.2) is 18.2 Å². The van der Waals surface area contributed by atoms with Gasteiger partial charge in [0.2, 0.25) is 0 Å². The Labute approximate surface area is 53.8 Å². The summed E-state index contributed by atoms with van der Waals surface area (Å²) in [6.07, 6.45) is 1.79. The first-order chi connectivity index (χ1) is 4.39. The van der Waals surface area contributed by atoms with Crippen molar-refractivity contribution in [2.45, 2.75) is 0 Å². The van der Waals surface area contributed by atoms with Gasteiger partial charge in [-0.2, -0.15) is 0 Å². The molecule has 3 nitrogen and oxygen atoms in total. The Bertz CT molecular complexity index is 143. The van der Waals surface area contributed by atoms with E-state index in [1.807, 2.05) is 6.07 Å². The molecule has 9 heavy (non-hydrogen) atoms. The Kier molecular flexibility index (Phi) is 2.15. The Hall–Kier alpha value is -0.960. The van der Waals surface area contributed by atoms with Crippen molar-refractivity contribution in [3.05, 3.63) is 18.3 Å². The molecule has 0 atom stereocenters. The van der Waals surface area contributed by atoms with E-state index in [0.29, 0.717) is 0 Å². The second-order valence-electron chi connectivity index (χ2n) is 1.74. The molecule has 3 N–H and O–H groups in total. The summed E-state index contributed by atoms with van der Waals surface area (Å²) in [4.78, 5) is 2.78. The quantitative estimate of drug-likeness (QED) is 0.500. The van der Waals surface area contributed by atoms with Crippen molar-refractivity contribution >= 4 is 5.82 Å². The summed E-state index contributed by atoms with van der Waals surface area (Å²) in [5.41, 5.74) is 5.22. The maximum Gasteiger partial charge on any atom is 0.100 e. The van der Waals surface area contributed by atoms with E-state index in [2.05, 4.69) is 9.72 Å². The van der Waals surface area contributed by atoms with Crippen LogP contribution in [0.1, 0.15) is 0 Å². The number of anilines is 1. The molecular formula is C6H10N2O. The van der Waals surface area contributed by atoms with Gasteiger partial charge in [-0.1, -0.05) is 0 Å². The summed E-state index contributed by atoms with van der Waals surface area (Å²) < 4.78 is 4.50. The number of aromatic nitrogens is 1. The van der Waals surface area contributed by atoms with E-state index in [1.165, 1.54) is 0 Å². The predicted molar refractivity (Wildman–Crippen MR) is 36.0 cm³/mol. The Morgan fingerprint density at radius 3 is 2.33 bits per heavy atom. The van der Waals surface area contributed by atoms with Gasteiger partial charge in [0.05, 0.1) is 13.2 Å². The number of nitrogens with one attached hydrogen (secondary N) is 1. The molecule has 1 fully saturated rings. The van der Waals surface area contributed by atoms with Crippen LogP contribution in [0.3, 0.4) is 0 Å². The van der Waals surface area contributed by atoms with Gasteiger partial charge in [-0.05, 0) is 12.1 Å². The molecular weight excluding hydrogens is 116 g/mol. The Morgan fingerprint density at radius 1 is 1.56 bits per heavy atom. The summed E-state index contributed by atoms with van der Waals surface area (Å²) >= 11 is 0. The highest BCUT2D eigenvalue weighted by molar-refractivity contribution is 5.26. The molecule has 0 saturated carbocycles. The average Bonchev–Trinajstić information content (AvgIpc) is 2.64. The number of nitrogens with two attached hydrogens (primary N) is 1. The van der Waals surface area contributed by atoms with E-state index in [4.69, 9.17) is 5.73 Å². The maximum absolute atomic E-state index is 5.22. The van der Waals surface area contributed by atoms with Crippen LogP contribution < -0.4 is 5.73 Å². The van der Waals surface area contributed by atoms with Crippen molar-refractivity contribution in [1.82, 2.24) is 4.98 Å². The summed E-state index contributed by atoms with van der Waals surface area (Å²) in [6, 6.07) is 3.66. The fourth-order valence-electron chi connectivity index (χ4n) is 0.344. The number of hydrogen-bond donors (Lipinski definition) is 2. The number of ether oxygens (including phenoxy) is 1. The minimum Gasteiger partial charge on any atom is -0.385 e. The summed E-state index contributed by atoms with van der Waals surface area (Å²) in [5.74, 6) is 0.718. The largest absolute Gasteiger partial charge is 0.385 e. The molecule has 1 aliphatic rings. The molecule has 1 aliphatic heterocycles. The third-order valence-electron chi connectivity index (χ3n) is 0.826. The zero-order chi connectivity index (χ0) is 6.53. The maximum atomic E-state index is 5.22. The zero-order valence-corrected chi connectivity index (χ0v) is 5.13. The van der Waals surface area contributed by atoms with Crippen molar-refractivity contribution in [2.75, 3.05) is 18.9 Å². The molecule has 0 radical (unpaired) electrons. The highest BCUT2D eigenvalue weighted by atomic mass is 16.6. The first-order valence-electron chi connectivity index (χ1n) is 2.86. The van der Waals surface area contributed by atoms with Crippen LogP contribution in [0.5, 0.6) is 0 Å². The van der Waals surface area contributed by atoms with Crippen LogP contribution in [0.25, 0.3) is 0 Å². The SMILES string of the molecule is C1CO1.Nc1ccc[nH]1. The third-order valence-corrected chi connectivity index (χ3v) is 0.826. The van der Waals surface area contributed by atoms with E-state index in [-0.39, 0.29) is 0 Å². The average molecular weight is 126 g/mol. The molecule has 0 unspecified atom stereocenters. The number of H-pyrrole nitrogens is 1. The van der Waals surface area contributed by atoms with E-state index in [1.54, 1.807) is 12.3 Å². The molecule has 0 bridgehead atoms. The number of rotatable bonds is 0. The molecule has 2 rings (SSSR count). The van der Waals surface area contributed by atoms with Crippen LogP contribution in [0.2, 0.25) is 0 Å². The lowest BCUT2D eigenvalue weighted by atomic mass is 10.6. The number of nitrogen functional groups attached to an aromatic ring is 1. The Morgan fingerprint density at radius 2 is 2.22 bits per heavy atom. The van der Waals surface area contributed by atoms with Gasteiger partial charge in [0.1, 0.15) is 5.82 Å². The van der Waals surface area contributed by atoms with Crippen molar-refractivity contribution in [3.8, 4) is 0 Å². The molecule has 1 saturated heterocycles. The minimum absolute atomic E-state index is 0.718. The lowest BCUT2D eigenvalue weighted by molar-refractivity contribution is 0.475. The minimum atomic E-state index is 0.718. The summed E-state index contributed by atoms with van der Waals surface area (Å²) in [6.45, 7) is 2.00. The normalized spacial score (nSPS) is 13.8. The van der Waals surface area contributed by atoms with Gasteiger partial charge in [-0.15, -0.1) is 0 Å². The number of hydrogen-bond acceptors (Lipinski definition) is 2. The monoisotopic (exact) mass is 126 g/mol. The molecule has 2 heterocycles. The lowest BCUT2D eigenvalue weighted by Crippen LogP contribution is -1.79. The molecule has 0 aromatic carbocycles. The van der Waals surface area contributed by atoms with Crippen LogP contribution >= 0.6 is 0 Å². The second kappa shape index (κ2) is 3.14. The first kappa shape index (κ1) is 6.16. The van der Waals surface area contributed by atoms with Gasteiger partial charge in [-0.25, -0.2) is 0 Å². The van der Waals surface area contributed by atoms with Crippen LogP contribution in [0, 0.1) is 0 Å². The van der Waals surface area contributed by atoms with E-state index < -0.39 is 0 Å². The predicted octanol–water partition coefficient (Wildman–Crippen LogP) is 0.614. The lowest BCUT2D eigenvalue weighted by Gasteiger charge is -1.72. The van der Waals surface area contributed by atoms with Crippen molar-refractivity contribution in [2.24, 2.45) is 0 Å². The van der Waals surface area contributed by atoms with Crippen molar-refractivity contribution in [1.29, 1.82) is 0 Å². The van der Waals surface area contributed by atoms with E-state index in [0.717, 1.165) is 19.0 Å². The standard InChI is InChI=1S/C4H6N2.C2H4O/c5-4-2-1-3-6-4;1-2-3-1/h1-3,6H,5H2;1-2H2. The van der Waals surface area contributed by atoms with Gasteiger partial charge in [0, 0.05) is 6.20 Å². The highest BCUT2D eigenvalue weighted by Crippen LogP contribution is 1.90. The van der Waals surface area contributed by atoms with Gasteiger partial charge in [0.15, 0.2) is 0 Å². The van der Waals surface area contributed by atoms with Crippen LogP contribution in [-0.2, 0) is 4.74 Å². The van der Waals surface area contributed by atoms with E-state index >= 15 is 0 Å². The fraction of sp³-hybridized carbons (Fsp3) is 0.333. The first-order valence-corrected chi connectivity index (χ1v) is 2.86. The van der Waals surface area contributed by atoms with Gasteiger partial charge in [-0.3, -0.25) is 0 Å². The zero-order valence-electron chi connectivity index (χ0n) is 5.13. The van der Waals surface area contributed by atoms with Gasteiger partial charge < -0.3 is 15.5 Å². The van der Waals surface area contributed by atoms with Crippen LogP contribution in [0.4, 0.5) is 5.82 Å². The molecule has 1 aromatic rings. The van der Waals surface area contributed by atoms with Crippen molar-refractivity contribution < 1.29 is 4.74 Å². The molecule has 3 heteroatoms. The van der Waals surface area contributed by atoms with Gasteiger partial charge >= 0.3 is 0 Å². The third kappa shape index (κ3) is 3.61. The number of epoxide rings is 1. The molecule has 50 valence electrons. The van der Waals surface area contributed by atoms with Crippen molar-refractivity contribution in [3.63, 3.8) is 0 Å². The van der Waals surface area contributed by atoms with E-state index in [9.17, 15) is 0 Å². The smallest absolute Gasteiger partial charge is 0.100 e.